The first-order valence-corrected chi connectivity index (χ1v) is 10.9. The molecule has 0 spiro atoms. The van der Waals surface area contributed by atoms with Crippen molar-refractivity contribution in [1.82, 2.24) is 15.0 Å². The van der Waals surface area contributed by atoms with E-state index < -0.39 is 15.0 Å². The van der Waals surface area contributed by atoms with Crippen molar-refractivity contribution in [3.63, 3.8) is 0 Å². The lowest BCUT2D eigenvalue weighted by atomic mass is 10.2. The third-order valence-corrected chi connectivity index (χ3v) is 5.68. The van der Waals surface area contributed by atoms with Gasteiger partial charge in [0.05, 0.1) is 15.6 Å². The van der Waals surface area contributed by atoms with E-state index in [1.54, 1.807) is 37.3 Å². The highest BCUT2D eigenvalue weighted by atomic mass is 32.2. The Labute approximate surface area is 183 Å². The number of nitro benzene ring substituents is 1. The molecule has 4 aromatic rings. The lowest BCUT2D eigenvalue weighted by Gasteiger charge is -2.02. The van der Waals surface area contributed by atoms with Crippen molar-refractivity contribution in [3.05, 3.63) is 88.0 Å². The van der Waals surface area contributed by atoms with Gasteiger partial charge in [-0.2, -0.15) is 8.42 Å². The molecular formula is C21H18N5O5S+. The van der Waals surface area contributed by atoms with Crippen LogP contribution in [0.4, 0.5) is 5.69 Å². The zero-order chi connectivity index (χ0) is 23.0. The van der Waals surface area contributed by atoms with Crippen LogP contribution >= 0.6 is 0 Å². The van der Waals surface area contributed by atoms with E-state index in [2.05, 4.69) is 10.2 Å². The monoisotopic (exact) mass is 452 g/mol. The summed E-state index contributed by atoms with van der Waals surface area (Å²) >= 11 is 0. The summed E-state index contributed by atoms with van der Waals surface area (Å²) in [5, 5.41) is 20.5. The smallest absolute Gasteiger partial charge is 0.282 e. The van der Waals surface area contributed by atoms with Crippen molar-refractivity contribution in [2.75, 3.05) is 0 Å². The van der Waals surface area contributed by atoms with Crippen molar-refractivity contribution in [3.8, 4) is 22.8 Å². The van der Waals surface area contributed by atoms with Gasteiger partial charge in [-0.25, -0.2) is 0 Å². The molecule has 0 aliphatic carbocycles. The molecular weight excluding hydrogens is 434 g/mol. The lowest BCUT2D eigenvalue weighted by molar-refractivity contribution is -0.736. The van der Waals surface area contributed by atoms with Crippen LogP contribution in [0.25, 0.3) is 22.8 Å². The fourth-order valence-corrected chi connectivity index (χ4v) is 3.91. The molecule has 0 unspecified atom stereocenters. The van der Waals surface area contributed by atoms with Crippen LogP contribution in [-0.2, 0) is 10.1 Å². The topological polar surface area (TPSA) is 132 Å². The summed E-state index contributed by atoms with van der Waals surface area (Å²) < 4.78 is 33.4. The molecule has 0 atom stereocenters. The number of aromatic nitrogens is 4. The zero-order valence-corrected chi connectivity index (χ0v) is 17.9. The minimum atomic E-state index is -4.55. The Bertz CT molecular complexity index is 1450. The molecule has 32 heavy (non-hydrogen) atoms. The number of tetrazole rings is 1. The van der Waals surface area contributed by atoms with Gasteiger partial charge in [0.1, 0.15) is 10.6 Å². The minimum absolute atomic E-state index is 0.0336. The van der Waals surface area contributed by atoms with E-state index in [9.17, 15) is 23.1 Å². The van der Waals surface area contributed by atoms with Crippen molar-refractivity contribution in [2.45, 2.75) is 18.7 Å². The highest BCUT2D eigenvalue weighted by molar-refractivity contribution is 7.86. The van der Waals surface area contributed by atoms with Gasteiger partial charge < -0.3 is 0 Å². The summed E-state index contributed by atoms with van der Waals surface area (Å²) in [6, 6.07) is 17.6. The van der Waals surface area contributed by atoms with Crippen LogP contribution in [0, 0.1) is 24.0 Å². The van der Waals surface area contributed by atoms with Crippen molar-refractivity contribution < 1.29 is 22.7 Å². The maximum absolute atomic E-state index is 11.9. The zero-order valence-electron chi connectivity index (χ0n) is 17.1. The standard InChI is InChI=1S/C21H17N5O5S/c1-14-7-10-16(11-8-14)24-22-21(17-5-3-4-6-20(17)32(29,30)31)23-25(24)18-12-9-15(2)13-19(18)26(27)28/h3-13H,1-2H3/p+1. The molecule has 162 valence electrons. The second-order valence-electron chi connectivity index (χ2n) is 7.16. The van der Waals surface area contributed by atoms with Gasteiger partial charge in [0.25, 0.3) is 15.8 Å². The quantitative estimate of drug-likeness (QED) is 0.213. The number of rotatable bonds is 5. The Hall–Kier alpha value is -3.96. The van der Waals surface area contributed by atoms with Gasteiger partial charge in [0, 0.05) is 10.9 Å². The van der Waals surface area contributed by atoms with Crippen LogP contribution in [0.5, 0.6) is 0 Å². The van der Waals surface area contributed by atoms with Crippen LogP contribution in [0.15, 0.2) is 71.6 Å². The van der Waals surface area contributed by atoms with Gasteiger partial charge in [-0.05, 0) is 59.6 Å². The largest absolute Gasteiger partial charge is 0.341 e. The third-order valence-electron chi connectivity index (χ3n) is 4.77. The Morgan fingerprint density at radius 1 is 1.00 bits per heavy atom. The fourth-order valence-electron chi connectivity index (χ4n) is 3.22. The molecule has 11 heteroatoms. The number of aryl methyl sites for hydroxylation is 2. The number of hydrogen-bond acceptors (Lipinski definition) is 6. The number of benzene rings is 3. The normalized spacial score (nSPS) is 11.5. The van der Waals surface area contributed by atoms with Crippen LogP contribution in [0.3, 0.4) is 0 Å². The number of nitro groups is 1. The number of hydrogen-bond donors (Lipinski definition) is 1. The molecule has 0 amide bonds. The summed E-state index contributed by atoms with van der Waals surface area (Å²) in [4.78, 5) is 13.4. The molecule has 0 aliphatic rings. The van der Waals surface area contributed by atoms with Crippen molar-refractivity contribution in [2.24, 2.45) is 0 Å². The Balaban J connectivity index is 2.03. The summed E-state index contributed by atoms with van der Waals surface area (Å²) in [6.07, 6.45) is 0. The molecule has 10 nitrogen and oxygen atoms in total. The molecule has 4 rings (SSSR count). The SMILES string of the molecule is Cc1ccc(-n2nc(-c3ccccc3S(=O)(=O)O)n[n+]2-c2ccc(C)cc2[N+](=O)[O-])cc1. The first-order valence-electron chi connectivity index (χ1n) is 9.44. The molecule has 0 fully saturated rings. The third kappa shape index (κ3) is 3.98. The van der Waals surface area contributed by atoms with Gasteiger partial charge in [-0.1, -0.05) is 35.9 Å². The van der Waals surface area contributed by atoms with E-state index in [0.717, 1.165) is 5.56 Å². The second kappa shape index (κ2) is 7.94. The highest BCUT2D eigenvalue weighted by Crippen LogP contribution is 2.25. The van der Waals surface area contributed by atoms with Crippen LogP contribution in [0.2, 0.25) is 0 Å². The Kier molecular flexibility index (Phi) is 5.28. The van der Waals surface area contributed by atoms with Crippen molar-refractivity contribution >= 4 is 15.8 Å². The van der Waals surface area contributed by atoms with Gasteiger partial charge in [-0.15, -0.1) is 0 Å². The molecule has 0 aliphatic heterocycles. The van der Waals surface area contributed by atoms with Crippen molar-refractivity contribution in [1.29, 1.82) is 0 Å². The molecule has 1 N–H and O–H groups in total. The fraction of sp³-hybridized carbons (Fsp3) is 0.0952. The molecule has 0 saturated carbocycles. The number of nitrogens with zero attached hydrogens (tertiary/aromatic N) is 5. The first kappa shape index (κ1) is 21.3. The van der Waals surface area contributed by atoms with Gasteiger partial charge in [0.15, 0.2) is 0 Å². The highest BCUT2D eigenvalue weighted by Gasteiger charge is 2.31. The first-order chi connectivity index (χ1) is 15.1. The summed E-state index contributed by atoms with van der Waals surface area (Å²) in [7, 11) is -4.55. The molecule has 0 radical (unpaired) electrons. The molecule has 1 aromatic heterocycles. The Morgan fingerprint density at radius 3 is 2.31 bits per heavy atom. The minimum Gasteiger partial charge on any atom is -0.282 e. The van der Waals surface area contributed by atoms with Crippen LogP contribution in [-0.4, -0.2) is 32.9 Å². The summed E-state index contributed by atoms with van der Waals surface area (Å²) in [6.45, 7) is 3.65. The second-order valence-corrected chi connectivity index (χ2v) is 8.55. The predicted molar refractivity (Wildman–Crippen MR) is 114 cm³/mol. The van der Waals surface area contributed by atoms with E-state index in [-0.39, 0.29) is 27.7 Å². The molecule has 3 aromatic carbocycles. The van der Waals surface area contributed by atoms with E-state index >= 15 is 0 Å². The van der Waals surface area contributed by atoms with Crippen LogP contribution in [0.1, 0.15) is 11.1 Å². The van der Waals surface area contributed by atoms with E-state index in [1.165, 1.54) is 33.9 Å². The maximum atomic E-state index is 11.9. The van der Waals surface area contributed by atoms with E-state index in [4.69, 9.17) is 0 Å². The molecule has 0 saturated heterocycles. The molecule has 1 heterocycles. The van der Waals surface area contributed by atoms with E-state index in [0.29, 0.717) is 11.3 Å². The lowest BCUT2D eigenvalue weighted by Crippen LogP contribution is -2.43. The van der Waals surface area contributed by atoms with Gasteiger partial charge in [0.2, 0.25) is 0 Å². The summed E-state index contributed by atoms with van der Waals surface area (Å²) in [5.41, 5.74) is 2.26. The van der Waals surface area contributed by atoms with Gasteiger partial charge >= 0.3 is 11.5 Å². The summed E-state index contributed by atoms with van der Waals surface area (Å²) in [5.74, 6) is -0.0336. The molecule has 0 bridgehead atoms. The predicted octanol–water partition coefficient (Wildman–Crippen LogP) is 2.98. The van der Waals surface area contributed by atoms with E-state index in [1.807, 2.05) is 19.1 Å². The Morgan fingerprint density at radius 2 is 1.66 bits per heavy atom. The van der Waals surface area contributed by atoms with Crippen LogP contribution < -0.4 is 4.80 Å². The average molecular weight is 452 g/mol. The van der Waals surface area contributed by atoms with Gasteiger partial charge in [-0.3, -0.25) is 14.7 Å². The maximum Gasteiger partial charge on any atom is 0.341 e. The average Bonchev–Trinajstić information content (AvgIpc) is 3.18.